The van der Waals surface area contributed by atoms with Gasteiger partial charge in [-0.15, -0.1) is 0 Å². The van der Waals surface area contributed by atoms with E-state index in [9.17, 15) is 15.0 Å². The van der Waals surface area contributed by atoms with Crippen LogP contribution in [0.15, 0.2) is 30.3 Å². The molecular formula is C17H14O3. The van der Waals surface area contributed by atoms with Gasteiger partial charge in [-0.1, -0.05) is 36.4 Å². The Morgan fingerprint density at radius 3 is 2.65 bits per heavy atom. The van der Waals surface area contributed by atoms with E-state index in [2.05, 4.69) is 0 Å². The molecule has 2 aliphatic rings. The van der Waals surface area contributed by atoms with Gasteiger partial charge in [0.15, 0.2) is 5.78 Å². The molecule has 100 valence electrons. The number of aliphatic hydroxyl groups excluding tert-OH is 2. The summed E-state index contributed by atoms with van der Waals surface area (Å²) in [4.78, 5) is 11.8. The average molecular weight is 266 g/mol. The molecule has 4 rings (SSSR count). The van der Waals surface area contributed by atoms with E-state index < -0.39 is 12.2 Å². The molecule has 0 unspecified atom stereocenters. The average Bonchev–Trinajstić information content (AvgIpc) is 2.84. The van der Waals surface area contributed by atoms with E-state index in [1.165, 1.54) is 0 Å². The third-order valence-corrected chi connectivity index (χ3v) is 4.39. The molecule has 0 spiro atoms. The molecule has 0 heterocycles. The van der Waals surface area contributed by atoms with Crippen LogP contribution in [0.4, 0.5) is 0 Å². The molecule has 3 heteroatoms. The number of carbonyl (C=O) groups is 1. The number of hydrogen-bond acceptors (Lipinski definition) is 3. The van der Waals surface area contributed by atoms with Crippen molar-refractivity contribution in [2.75, 3.05) is 0 Å². The second-order valence-corrected chi connectivity index (χ2v) is 5.47. The van der Waals surface area contributed by atoms with Crippen molar-refractivity contribution in [2.24, 2.45) is 0 Å². The summed E-state index contributed by atoms with van der Waals surface area (Å²) in [6, 6.07) is 7.66. The Hall–Kier alpha value is -1.97. The largest absolute Gasteiger partial charge is 0.386 e. The minimum atomic E-state index is -0.880. The van der Waals surface area contributed by atoms with Crippen molar-refractivity contribution >= 4 is 22.6 Å². The molecular weight excluding hydrogens is 252 g/mol. The number of aliphatic hydroxyl groups is 2. The topological polar surface area (TPSA) is 57.5 Å². The Balaban J connectivity index is 2.04. The number of fused-ring (bicyclic) bond motifs is 5. The quantitative estimate of drug-likeness (QED) is 0.769. The Morgan fingerprint density at radius 1 is 1.00 bits per heavy atom. The van der Waals surface area contributed by atoms with Crippen molar-refractivity contribution in [1.29, 1.82) is 0 Å². The number of ketones is 1. The van der Waals surface area contributed by atoms with Gasteiger partial charge in [-0.25, -0.2) is 0 Å². The zero-order chi connectivity index (χ0) is 13.9. The third-order valence-electron chi connectivity index (χ3n) is 4.39. The maximum absolute atomic E-state index is 11.8. The molecule has 0 amide bonds. The van der Waals surface area contributed by atoms with Gasteiger partial charge < -0.3 is 10.2 Å². The first-order valence-electron chi connectivity index (χ1n) is 6.83. The van der Waals surface area contributed by atoms with E-state index in [-0.39, 0.29) is 5.78 Å². The van der Waals surface area contributed by atoms with Gasteiger partial charge in [0.25, 0.3) is 0 Å². The Bertz CT molecular complexity index is 773. The molecule has 2 atom stereocenters. The highest BCUT2D eigenvalue weighted by Gasteiger charge is 2.26. The van der Waals surface area contributed by atoms with Gasteiger partial charge in [-0.2, -0.15) is 0 Å². The summed E-state index contributed by atoms with van der Waals surface area (Å²) in [6.07, 6.45) is 3.12. The summed E-state index contributed by atoms with van der Waals surface area (Å²) in [5.74, 6) is 0.214. The van der Waals surface area contributed by atoms with Crippen molar-refractivity contribution in [3.05, 3.63) is 52.6 Å². The lowest BCUT2D eigenvalue weighted by molar-refractivity contribution is 0.0471. The highest BCUT2D eigenvalue weighted by atomic mass is 16.3. The Morgan fingerprint density at radius 2 is 1.80 bits per heavy atom. The van der Waals surface area contributed by atoms with Crippen molar-refractivity contribution in [3.63, 3.8) is 0 Å². The molecule has 0 radical (unpaired) electrons. The van der Waals surface area contributed by atoms with Crippen molar-refractivity contribution < 1.29 is 15.0 Å². The summed E-state index contributed by atoms with van der Waals surface area (Å²) in [6.45, 7) is 0. The van der Waals surface area contributed by atoms with Crippen molar-refractivity contribution in [3.8, 4) is 0 Å². The maximum atomic E-state index is 11.8. The monoisotopic (exact) mass is 266 g/mol. The summed E-state index contributed by atoms with van der Waals surface area (Å²) in [5, 5.41) is 21.9. The van der Waals surface area contributed by atoms with E-state index >= 15 is 0 Å². The zero-order valence-corrected chi connectivity index (χ0v) is 10.8. The SMILES string of the molecule is O=C1CCc2c1ccc1c3c(ccc21)[C@@H](O)[C@H](O)C=C3. The van der Waals surface area contributed by atoms with E-state index in [0.717, 1.165) is 39.4 Å². The molecule has 0 aliphatic heterocycles. The lowest BCUT2D eigenvalue weighted by Crippen LogP contribution is -2.19. The molecule has 2 aliphatic carbocycles. The van der Waals surface area contributed by atoms with Gasteiger partial charge >= 0.3 is 0 Å². The van der Waals surface area contributed by atoms with Crippen molar-refractivity contribution in [1.82, 2.24) is 0 Å². The van der Waals surface area contributed by atoms with Crippen LogP contribution in [-0.2, 0) is 6.42 Å². The fourth-order valence-corrected chi connectivity index (χ4v) is 3.34. The number of benzene rings is 2. The normalized spacial score (nSPS) is 24.0. The van der Waals surface area contributed by atoms with Crippen LogP contribution in [0.3, 0.4) is 0 Å². The molecule has 0 bridgehead atoms. The predicted molar refractivity (Wildman–Crippen MR) is 76.6 cm³/mol. The minimum absolute atomic E-state index is 0.214. The first-order valence-corrected chi connectivity index (χ1v) is 6.83. The smallest absolute Gasteiger partial charge is 0.163 e. The third kappa shape index (κ3) is 1.45. The lowest BCUT2D eigenvalue weighted by Gasteiger charge is -2.23. The molecule has 0 fully saturated rings. The molecule has 0 aromatic heterocycles. The van der Waals surface area contributed by atoms with Crippen molar-refractivity contribution in [2.45, 2.75) is 25.0 Å². The molecule has 3 nitrogen and oxygen atoms in total. The zero-order valence-electron chi connectivity index (χ0n) is 10.8. The Labute approximate surface area is 116 Å². The van der Waals surface area contributed by atoms with Crippen LogP contribution in [0.5, 0.6) is 0 Å². The predicted octanol–water partition coefficient (Wildman–Crippen LogP) is 2.39. The number of aryl methyl sites for hydroxylation is 1. The lowest BCUT2D eigenvalue weighted by atomic mass is 9.87. The highest BCUT2D eigenvalue weighted by Crippen LogP contribution is 2.37. The second-order valence-electron chi connectivity index (χ2n) is 5.47. The van der Waals surface area contributed by atoms with E-state index in [0.29, 0.717) is 6.42 Å². The van der Waals surface area contributed by atoms with Gasteiger partial charge in [0.2, 0.25) is 0 Å². The molecule has 20 heavy (non-hydrogen) atoms. The first kappa shape index (κ1) is 11.8. The van der Waals surface area contributed by atoms with E-state index in [1.54, 1.807) is 6.08 Å². The van der Waals surface area contributed by atoms with Crippen LogP contribution in [0, 0.1) is 0 Å². The standard InChI is InChI=1S/C17H14O3/c18-15-7-5-11-9-2-4-14-12(6-8-16(19)17(14)20)10(9)1-3-13(11)15/h1-4,6,8,16-17,19-20H,5,7H2/t16-,17-/m1/s1. The summed E-state index contributed by atoms with van der Waals surface area (Å²) in [7, 11) is 0. The number of hydrogen-bond donors (Lipinski definition) is 2. The van der Waals surface area contributed by atoms with Gasteiger partial charge in [-0.05, 0) is 33.9 Å². The highest BCUT2D eigenvalue weighted by molar-refractivity contribution is 6.07. The summed E-state index contributed by atoms with van der Waals surface area (Å²) >= 11 is 0. The van der Waals surface area contributed by atoms with Gasteiger partial charge in [0, 0.05) is 12.0 Å². The second kappa shape index (κ2) is 4.01. The molecule has 0 saturated heterocycles. The van der Waals surface area contributed by atoms with Crippen LogP contribution < -0.4 is 0 Å². The molecule has 2 N–H and O–H groups in total. The van der Waals surface area contributed by atoms with Gasteiger partial charge in [0.05, 0.1) is 0 Å². The molecule has 0 saturated carbocycles. The number of Topliss-reactive ketones (excluding diaryl/α,β-unsaturated/α-hetero) is 1. The van der Waals surface area contributed by atoms with E-state index in [4.69, 9.17) is 0 Å². The van der Waals surface area contributed by atoms with Crippen LogP contribution in [-0.4, -0.2) is 22.1 Å². The fourth-order valence-electron chi connectivity index (χ4n) is 3.34. The van der Waals surface area contributed by atoms with E-state index in [1.807, 2.05) is 30.3 Å². The molecule has 2 aromatic carbocycles. The first-order chi connectivity index (χ1) is 9.66. The van der Waals surface area contributed by atoms with Crippen LogP contribution >= 0.6 is 0 Å². The summed E-state index contributed by atoms with van der Waals surface area (Å²) in [5.41, 5.74) is 3.64. The number of carbonyl (C=O) groups excluding carboxylic acids is 1. The van der Waals surface area contributed by atoms with Gasteiger partial charge in [-0.3, -0.25) is 4.79 Å². The van der Waals surface area contributed by atoms with Crippen LogP contribution in [0.2, 0.25) is 0 Å². The fraction of sp³-hybridized carbons (Fsp3) is 0.235. The maximum Gasteiger partial charge on any atom is 0.163 e. The van der Waals surface area contributed by atoms with Gasteiger partial charge in [0.1, 0.15) is 12.2 Å². The molecule has 2 aromatic rings. The minimum Gasteiger partial charge on any atom is -0.386 e. The van der Waals surface area contributed by atoms with Crippen LogP contribution in [0.25, 0.3) is 16.8 Å². The Kier molecular flexibility index (Phi) is 2.37. The number of rotatable bonds is 0. The summed E-state index contributed by atoms with van der Waals surface area (Å²) < 4.78 is 0. The van der Waals surface area contributed by atoms with Crippen LogP contribution in [0.1, 0.15) is 39.6 Å².